The number of carbonyl (C=O) groups is 8. The molecule has 12 rings (SSSR count). The van der Waals surface area contributed by atoms with Crippen LogP contribution in [0.2, 0.25) is 0 Å². The van der Waals surface area contributed by atoms with Gasteiger partial charge in [0.1, 0.15) is 62.8 Å². The number of aromatic hydroxyl groups is 2. The van der Waals surface area contributed by atoms with Crippen molar-refractivity contribution in [1.29, 1.82) is 0 Å². The van der Waals surface area contributed by atoms with E-state index < -0.39 is 64.4 Å². The maximum absolute atomic E-state index is 14.9. The van der Waals surface area contributed by atoms with Crippen molar-refractivity contribution in [2.45, 2.75) is 122 Å². The van der Waals surface area contributed by atoms with Crippen LogP contribution >= 0.6 is 0 Å². The van der Waals surface area contributed by atoms with E-state index in [1.165, 1.54) is 24.3 Å². The molecule has 17 nitrogen and oxygen atoms in total. The van der Waals surface area contributed by atoms with Gasteiger partial charge in [-0.25, -0.2) is 19.2 Å². The molecule has 17 heteroatoms. The standard InChI is InChI=1S/C100H90O17/c1-98(2,3)115-84-54-32-67(33-55-84)88(92(105)72-38-52-82(53-39-72)112-94(107)74-18-14-62(15-19-74)59-86(65-26-42-78(101)43-27-65)90(103)70-34-46-80(111-10)47-35-70)61-64-12-11-13-77(58-64)96(109)114-81-48-30-66(31-49-81)87(60-63-16-20-76(21-17-63)97(110)117-100(7,8)9)91(104)71-36-50-83(51-37-71)113-95(108)75-24-22-68(23-25-75)89(69-28-44-79(102)45-29-69)93(106)73-40-56-85(57-41-73)116-99(4,5)6/h11-58,86-89,101-102H,59-61H2,1-10H3. The normalized spacial score (nSPS) is 12.5. The van der Waals surface area contributed by atoms with E-state index in [-0.39, 0.29) is 81.4 Å². The molecule has 0 aliphatic carbocycles. The minimum Gasteiger partial charge on any atom is -0.508 e. The second-order valence-corrected chi connectivity index (χ2v) is 31.6. The topological polar surface area (TPSA) is 242 Å². The monoisotopic (exact) mass is 1560 g/mol. The fourth-order valence-electron chi connectivity index (χ4n) is 13.5. The van der Waals surface area contributed by atoms with Crippen LogP contribution in [0.5, 0.6) is 46.0 Å². The quantitative estimate of drug-likeness (QED) is 0.0251. The zero-order valence-electron chi connectivity index (χ0n) is 66.7. The van der Waals surface area contributed by atoms with Crippen molar-refractivity contribution in [1.82, 2.24) is 0 Å². The zero-order chi connectivity index (χ0) is 83.3. The average Bonchev–Trinajstić information content (AvgIpc) is 0.763. The second kappa shape index (κ2) is 36.1. The molecule has 0 amide bonds. The minimum absolute atomic E-state index is 0.0440. The first-order valence-electron chi connectivity index (χ1n) is 38.4. The van der Waals surface area contributed by atoms with E-state index in [0.29, 0.717) is 84.9 Å². The van der Waals surface area contributed by atoms with Crippen molar-refractivity contribution < 1.29 is 81.7 Å². The van der Waals surface area contributed by atoms with E-state index in [1.54, 1.807) is 264 Å². The summed E-state index contributed by atoms with van der Waals surface area (Å²) in [7, 11) is 1.55. The Bertz CT molecular complexity index is 5520. The number of methoxy groups -OCH3 is 1. The number of rotatable bonds is 29. The van der Waals surface area contributed by atoms with Gasteiger partial charge in [-0.3, -0.25) is 19.2 Å². The van der Waals surface area contributed by atoms with Gasteiger partial charge in [0.05, 0.1) is 53.0 Å². The fourth-order valence-corrected chi connectivity index (χ4v) is 13.5. The molecule has 0 fully saturated rings. The predicted molar refractivity (Wildman–Crippen MR) is 446 cm³/mol. The zero-order valence-corrected chi connectivity index (χ0v) is 66.7. The fraction of sp³-hybridized carbons (Fsp3) is 0.200. The third-order valence-corrected chi connectivity index (χ3v) is 19.3. The summed E-state index contributed by atoms with van der Waals surface area (Å²) >= 11 is 0. The summed E-state index contributed by atoms with van der Waals surface area (Å²) in [6.45, 7) is 17.0. The van der Waals surface area contributed by atoms with E-state index in [2.05, 4.69) is 0 Å². The Labute approximate surface area is 680 Å². The van der Waals surface area contributed by atoms with Gasteiger partial charge in [0.2, 0.25) is 0 Å². The number of ketones is 4. The Morgan fingerprint density at radius 2 is 0.556 bits per heavy atom. The lowest BCUT2D eigenvalue weighted by Gasteiger charge is -2.22. The van der Waals surface area contributed by atoms with Crippen LogP contribution < -0.4 is 28.4 Å². The van der Waals surface area contributed by atoms with Gasteiger partial charge in [0, 0.05) is 22.3 Å². The van der Waals surface area contributed by atoms with Crippen molar-refractivity contribution in [2.24, 2.45) is 0 Å². The van der Waals surface area contributed by atoms with Gasteiger partial charge in [-0.1, -0.05) is 97.1 Å². The third kappa shape index (κ3) is 22.2. The molecule has 0 aromatic heterocycles. The molecule has 0 bridgehead atoms. The molecule has 0 radical (unpaired) electrons. The highest BCUT2D eigenvalue weighted by atomic mass is 16.6. The molecule has 0 aliphatic heterocycles. The molecule has 117 heavy (non-hydrogen) atoms. The van der Waals surface area contributed by atoms with E-state index in [0.717, 1.165) is 11.1 Å². The summed E-state index contributed by atoms with van der Waals surface area (Å²) in [4.78, 5) is 113. The molecule has 0 spiro atoms. The van der Waals surface area contributed by atoms with Crippen molar-refractivity contribution in [3.8, 4) is 46.0 Å². The van der Waals surface area contributed by atoms with Gasteiger partial charge in [0.15, 0.2) is 23.1 Å². The van der Waals surface area contributed by atoms with Gasteiger partial charge in [0.25, 0.3) is 0 Å². The van der Waals surface area contributed by atoms with Crippen LogP contribution in [-0.2, 0) is 24.0 Å². The smallest absolute Gasteiger partial charge is 0.343 e. The van der Waals surface area contributed by atoms with Gasteiger partial charge in [-0.2, -0.15) is 0 Å². The number of benzene rings is 12. The molecule has 12 aromatic rings. The number of hydrogen-bond donors (Lipinski definition) is 2. The summed E-state index contributed by atoms with van der Waals surface area (Å²) in [6.07, 6.45) is 0.656. The largest absolute Gasteiger partial charge is 0.508 e. The summed E-state index contributed by atoms with van der Waals surface area (Å²) in [6, 6.07) is 80.1. The van der Waals surface area contributed by atoms with Gasteiger partial charge >= 0.3 is 23.9 Å². The van der Waals surface area contributed by atoms with Crippen LogP contribution in [0.1, 0.15) is 213 Å². The van der Waals surface area contributed by atoms with E-state index in [1.807, 2.05) is 71.9 Å². The highest BCUT2D eigenvalue weighted by Crippen LogP contribution is 2.36. The summed E-state index contributed by atoms with van der Waals surface area (Å²) < 4.78 is 40.7. The lowest BCUT2D eigenvalue weighted by molar-refractivity contribution is 0.00683. The number of hydrogen-bond acceptors (Lipinski definition) is 17. The maximum atomic E-state index is 14.9. The molecule has 4 unspecified atom stereocenters. The van der Waals surface area contributed by atoms with Gasteiger partial charge in [-0.05, 0) is 320 Å². The third-order valence-electron chi connectivity index (χ3n) is 19.3. The van der Waals surface area contributed by atoms with E-state index in [9.17, 15) is 48.6 Å². The first kappa shape index (κ1) is 82.7. The van der Waals surface area contributed by atoms with Crippen LogP contribution in [0.15, 0.2) is 291 Å². The van der Waals surface area contributed by atoms with Crippen LogP contribution in [0, 0.1) is 0 Å². The number of phenolic OH excluding ortho intramolecular Hbond substituents is 2. The van der Waals surface area contributed by atoms with Crippen molar-refractivity contribution in [2.75, 3.05) is 7.11 Å². The molecule has 0 saturated carbocycles. The first-order chi connectivity index (χ1) is 55.8. The highest BCUT2D eigenvalue weighted by molar-refractivity contribution is 6.05. The van der Waals surface area contributed by atoms with Gasteiger partial charge < -0.3 is 43.4 Å². The highest BCUT2D eigenvalue weighted by Gasteiger charge is 2.31. The Hall–Kier alpha value is -13.8. The van der Waals surface area contributed by atoms with Crippen molar-refractivity contribution in [3.05, 3.63) is 380 Å². The molecule has 0 heterocycles. The lowest BCUT2D eigenvalue weighted by atomic mass is 9.84. The van der Waals surface area contributed by atoms with Crippen LogP contribution in [0.3, 0.4) is 0 Å². The number of ether oxygens (including phenoxy) is 7. The van der Waals surface area contributed by atoms with Crippen LogP contribution in [0.4, 0.5) is 0 Å². The summed E-state index contributed by atoms with van der Waals surface area (Å²) in [5.41, 5.74) is 6.30. The minimum atomic E-state index is -0.814. The second-order valence-electron chi connectivity index (χ2n) is 31.6. The maximum Gasteiger partial charge on any atom is 0.343 e. The Morgan fingerprint density at radius 1 is 0.274 bits per heavy atom. The van der Waals surface area contributed by atoms with Crippen LogP contribution in [-0.4, -0.2) is 81.1 Å². The van der Waals surface area contributed by atoms with Crippen LogP contribution in [0.25, 0.3) is 0 Å². The van der Waals surface area contributed by atoms with Crippen molar-refractivity contribution >= 4 is 47.0 Å². The Morgan fingerprint density at radius 3 is 0.923 bits per heavy atom. The summed E-state index contributed by atoms with van der Waals surface area (Å²) in [5, 5.41) is 20.2. The molecule has 592 valence electrons. The molecule has 0 aliphatic rings. The molecule has 2 N–H and O–H groups in total. The SMILES string of the molecule is COc1ccc(C(=O)C(Cc2ccc(C(=O)Oc3ccc(C(=O)C(Cc4cccc(C(=O)Oc5ccc(C(Cc6ccc(C(=O)OC(C)(C)C)cc6)C(=O)c6ccc(OC(=O)c7ccc(C(C(=O)c8ccc(OC(C)(C)C)cc8)c8ccc(O)cc8)cc7)cc6)cc5)c4)c4ccc(OC(C)(C)C)cc4)cc3)cc2)c2ccc(O)cc2)cc1. The molecule has 0 saturated heterocycles. The van der Waals surface area contributed by atoms with E-state index >= 15 is 0 Å². The van der Waals surface area contributed by atoms with E-state index in [4.69, 9.17) is 33.2 Å². The predicted octanol–water partition coefficient (Wildman–Crippen LogP) is 20.7. The molecular formula is C100H90O17. The Balaban J connectivity index is 0.722. The average molecular weight is 1560 g/mol. The number of Topliss-reactive ketones (excluding diaryl/α,β-unsaturated/α-hetero) is 4. The number of esters is 4. The summed E-state index contributed by atoms with van der Waals surface area (Å²) in [5.74, 6) is -3.82. The van der Waals surface area contributed by atoms with Gasteiger partial charge in [-0.15, -0.1) is 0 Å². The Kier molecular flexibility index (Phi) is 25.5. The number of carbonyl (C=O) groups excluding carboxylic acids is 8. The first-order valence-corrected chi connectivity index (χ1v) is 38.4. The molecule has 12 aromatic carbocycles. The van der Waals surface area contributed by atoms with Crippen molar-refractivity contribution in [3.63, 3.8) is 0 Å². The lowest BCUT2D eigenvalue weighted by Crippen LogP contribution is -2.23. The molecular weight excluding hydrogens is 1470 g/mol. The molecule has 4 atom stereocenters. The number of phenols is 2.